The number of hydrogen-bond acceptors (Lipinski definition) is 5. The molecular weight excluding hydrogens is 424 g/mol. The lowest BCUT2D eigenvalue weighted by molar-refractivity contribution is -0.114. The molecule has 0 unspecified atom stereocenters. The third-order valence-electron chi connectivity index (χ3n) is 5.35. The first-order chi connectivity index (χ1) is 15.1. The van der Waals surface area contributed by atoms with Gasteiger partial charge in [0, 0.05) is 0 Å². The van der Waals surface area contributed by atoms with E-state index in [-0.39, 0.29) is 22.2 Å². The summed E-state index contributed by atoms with van der Waals surface area (Å²) in [5.41, 5.74) is 4.42. The van der Waals surface area contributed by atoms with Crippen LogP contribution < -0.4 is 15.4 Å². The molecule has 0 bridgehead atoms. The van der Waals surface area contributed by atoms with E-state index in [1.54, 1.807) is 43.3 Å². The highest BCUT2D eigenvalue weighted by Gasteiger charge is 2.25. The van der Waals surface area contributed by atoms with E-state index in [1.165, 1.54) is 7.11 Å². The zero-order valence-corrected chi connectivity index (χ0v) is 19.8. The summed E-state index contributed by atoms with van der Waals surface area (Å²) < 4.78 is 32.2. The number of hydrogen-bond donors (Lipinski definition) is 2. The highest BCUT2D eigenvalue weighted by Crippen LogP contribution is 2.33. The van der Waals surface area contributed by atoms with Crippen molar-refractivity contribution in [3.63, 3.8) is 0 Å². The van der Waals surface area contributed by atoms with E-state index in [9.17, 15) is 13.2 Å². The molecule has 1 amide bonds. The van der Waals surface area contributed by atoms with Crippen molar-refractivity contribution in [2.24, 2.45) is 0 Å². The first kappa shape index (κ1) is 23.3. The molecule has 3 rings (SSSR count). The maximum absolute atomic E-state index is 13.4. The molecule has 0 aliphatic rings. The maximum atomic E-state index is 13.4. The third kappa shape index (κ3) is 4.94. The summed E-state index contributed by atoms with van der Waals surface area (Å²) in [6.07, 6.45) is 0. The van der Waals surface area contributed by atoms with Crippen molar-refractivity contribution in [3.05, 3.63) is 76.9 Å². The number of nitrogens with one attached hydrogen (secondary N) is 2. The number of anilines is 2. The molecule has 168 valence electrons. The second-order valence-electron chi connectivity index (χ2n) is 7.81. The molecule has 0 aromatic heterocycles. The van der Waals surface area contributed by atoms with Gasteiger partial charge in [0.15, 0.2) is 0 Å². The fourth-order valence-electron chi connectivity index (χ4n) is 3.40. The van der Waals surface area contributed by atoms with Crippen LogP contribution in [0.3, 0.4) is 0 Å². The molecule has 0 heterocycles. The fourth-order valence-corrected chi connectivity index (χ4v) is 5.12. The molecule has 0 spiro atoms. The molecule has 2 N–H and O–H groups in total. The molecule has 3 aromatic carbocycles. The van der Waals surface area contributed by atoms with Gasteiger partial charge >= 0.3 is 0 Å². The summed E-state index contributed by atoms with van der Waals surface area (Å²) >= 11 is 0. The first-order valence-corrected chi connectivity index (χ1v) is 11.7. The predicted molar refractivity (Wildman–Crippen MR) is 127 cm³/mol. The van der Waals surface area contributed by atoms with E-state index in [1.807, 2.05) is 39.0 Å². The minimum absolute atomic E-state index is 0.101. The number of carbonyl (C=O) groups is 1. The Bertz CT molecular complexity index is 1250. The Hall–Kier alpha value is -3.32. The average molecular weight is 453 g/mol. The van der Waals surface area contributed by atoms with E-state index in [0.717, 1.165) is 16.7 Å². The van der Waals surface area contributed by atoms with Gasteiger partial charge in [-0.15, -0.1) is 0 Å². The van der Waals surface area contributed by atoms with Crippen LogP contribution in [-0.2, 0) is 14.6 Å². The van der Waals surface area contributed by atoms with Crippen LogP contribution >= 0.6 is 0 Å². The predicted octanol–water partition coefficient (Wildman–Crippen LogP) is 4.81. The van der Waals surface area contributed by atoms with Gasteiger partial charge in [0.05, 0.1) is 34.8 Å². The highest BCUT2D eigenvalue weighted by molar-refractivity contribution is 7.91. The summed E-state index contributed by atoms with van der Waals surface area (Å²) in [7, 11) is -2.24. The molecule has 7 heteroatoms. The van der Waals surface area contributed by atoms with Crippen molar-refractivity contribution in [2.45, 2.75) is 37.5 Å². The van der Waals surface area contributed by atoms with Crippen LogP contribution in [0.15, 0.2) is 64.4 Å². The lowest BCUT2D eigenvalue weighted by Gasteiger charge is -2.17. The van der Waals surface area contributed by atoms with Gasteiger partial charge in [-0.1, -0.05) is 29.8 Å². The van der Waals surface area contributed by atoms with Gasteiger partial charge < -0.3 is 15.4 Å². The van der Waals surface area contributed by atoms with Crippen molar-refractivity contribution >= 4 is 27.1 Å². The number of methoxy groups -OCH3 is 1. The van der Waals surface area contributed by atoms with Crippen LogP contribution in [0.1, 0.15) is 22.3 Å². The van der Waals surface area contributed by atoms with E-state index >= 15 is 0 Å². The maximum Gasteiger partial charge on any atom is 0.243 e. The van der Waals surface area contributed by atoms with E-state index in [0.29, 0.717) is 22.7 Å². The Labute approximate surface area is 189 Å². The molecule has 0 aliphatic carbocycles. The second-order valence-corrected chi connectivity index (χ2v) is 9.69. The van der Waals surface area contributed by atoms with Gasteiger partial charge in [-0.25, -0.2) is 8.42 Å². The first-order valence-electron chi connectivity index (χ1n) is 10.2. The minimum Gasteiger partial charge on any atom is -0.495 e. The number of rotatable bonds is 7. The van der Waals surface area contributed by atoms with Crippen LogP contribution in [0, 0.1) is 27.7 Å². The molecule has 32 heavy (non-hydrogen) atoms. The normalized spacial score (nSPS) is 11.2. The third-order valence-corrected chi connectivity index (χ3v) is 7.30. The van der Waals surface area contributed by atoms with Crippen LogP contribution in [-0.4, -0.2) is 28.0 Å². The van der Waals surface area contributed by atoms with Crippen LogP contribution in [0.25, 0.3) is 0 Å². The quantitative estimate of drug-likeness (QED) is 0.537. The lowest BCUT2D eigenvalue weighted by atomic mass is 10.1. The topological polar surface area (TPSA) is 84.5 Å². The number of benzene rings is 3. The van der Waals surface area contributed by atoms with Crippen molar-refractivity contribution in [3.8, 4) is 5.75 Å². The smallest absolute Gasteiger partial charge is 0.243 e. The molecule has 0 atom stereocenters. The molecular formula is C25H28N2O4S. The summed E-state index contributed by atoms with van der Waals surface area (Å²) in [6.45, 7) is 7.37. The van der Waals surface area contributed by atoms with E-state index < -0.39 is 9.84 Å². The molecule has 0 fully saturated rings. The molecule has 0 aliphatic heterocycles. The Morgan fingerprint density at radius 2 is 1.53 bits per heavy atom. The Morgan fingerprint density at radius 1 is 0.875 bits per heavy atom. The van der Waals surface area contributed by atoms with Crippen molar-refractivity contribution in [1.29, 1.82) is 0 Å². The largest absolute Gasteiger partial charge is 0.495 e. The molecule has 3 aromatic rings. The molecule has 0 saturated carbocycles. The summed E-state index contributed by atoms with van der Waals surface area (Å²) in [5, 5.41) is 5.83. The van der Waals surface area contributed by atoms with Gasteiger partial charge in [-0.05, 0) is 74.7 Å². The lowest BCUT2D eigenvalue weighted by Crippen LogP contribution is -2.23. The second kappa shape index (κ2) is 9.44. The van der Waals surface area contributed by atoms with Crippen molar-refractivity contribution in [1.82, 2.24) is 0 Å². The highest BCUT2D eigenvalue weighted by atomic mass is 32.2. The Morgan fingerprint density at radius 3 is 2.19 bits per heavy atom. The average Bonchev–Trinajstić information content (AvgIpc) is 2.75. The van der Waals surface area contributed by atoms with Crippen molar-refractivity contribution < 1.29 is 17.9 Å². The standard InChI is InChI=1S/C25H28N2O4S/c1-16-6-10-20(11-7-16)32(29,30)25-19(4)18(3)9-12-21(25)26-15-24(28)27-22-14-17(2)8-13-23(22)31-5/h6-14,26H,15H2,1-5H3,(H,27,28). The van der Waals surface area contributed by atoms with Crippen LogP contribution in [0.5, 0.6) is 5.75 Å². The van der Waals surface area contributed by atoms with E-state index in [2.05, 4.69) is 10.6 Å². The van der Waals surface area contributed by atoms with Gasteiger partial charge in [-0.2, -0.15) is 0 Å². The number of aryl methyl sites for hydroxylation is 3. The summed E-state index contributed by atoms with van der Waals surface area (Å²) in [4.78, 5) is 13.0. The molecule has 0 radical (unpaired) electrons. The number of sulfone groups is 1. The number of carbonyl (C=O) groups excluding carboxylic acids is 1. The zero-order valence-electron chi connectivity index (χ0n) is 18.9. The zero-order chi connectivity index (χ0) is 23.5. The van der Waals surface area contributed by atoms with Crippen molar-refractivity contribution in [2.75, 3.05) is 24.3 Å². The minimum atomic E-state index is -3.78. The van der Waals surface area contributed by atoms with Crippen LogP contribution in [0.2, 0.25) is 0 Å². The monoisotopic (exact) mass is 452 g/mol. The molecule has 0 saturated heterocycles. The number of amides is 1. The van der Waals surface area contributed by atoms with Gasteiger partial charge in [0.25, 0.3) is 0 Å². The van der Waals surface area contributed by atoms with Gasteiger partial charge in [0.2, 0.25) is 15.7 Å². The van der Waals surface area contributed by atoms with Gasteiger partial charge in [-0.3, -0.25) is 4.79 Å². The van der Waals surface area contributed by atoms with Gasteiger partial charge in [0.1, 0.15) is 5.75 Å². The Balaban J connectivity index is 1.88. The fraction of sp³-hybridized carbons (Fsp3) is 0.240. The van der Waals surface area contributed by atoms with E-state index in [4.69, 9.17) is 4.74 Å². The summed E-state index contributed by atoms with van der Waals surface area (Å²) in [6, 6.07) is 15.8. The number of ether oxygens (including phenoxy) is 1. The Kier molecular flexibility index (Phi) is 6.89. The van der Waals surface area contributed by atoms with Crippen LogP contribution in [0.4, 0.5) is 11.4 Å². The SMILES string of the molecule is COc1ccc(C)cc1NC(=O)CNc1ccc(C)c(C)c1S(=O)(=O)c1ccc(C)cc1. The molecule has 6 nitrogen and oxygen atoms in total. The summed E-state index contributed by atoms with van der Waals surface area (Å²) in [5.74, 6) is 0.239.